The highest BCUT2D eigenvalue weighted by Crippen LogP contribution is 2.42. The predicted molar refractivity (Wildman–Crippen MR) is 167 cm³/mol. The summed E-state index contributed by atoms with van der Waals surface area (Å²) in [7, 11) is -6.32. The molecule has 0 amide bonds. The third-order valence-corrected chi connectivity index (χ3v) is 22.3. The first-order valence-electron chi connectivity index (χ1n) is 14.1. The third-order valence-electron chi connectivity index (χ3n) is 8.73. The SMILES string of the molecule is CCOC(=O)/C(C)=C/[C@@H](O[Si](C)(C)C(C)(C)C)[C@@H](C[C@@H](C)O[Si](C)(C)C(C)(C)C)O[Si](C)(C)C(C)(C)C. The Morgan fingerprint density at radius 1 is 0.730 bits per heavy atom. The van der Waals surface area contributed by atoms with Crippen LogP contribution in [0.1, 0.15) is 89.5 Å². The highest BCUT2D eigenvalue weighted by molar-refractivity contribution is 6.75. The lowest BCUT2D eigenvalue weighted by Crippen LogP contribution is -2.53. The van der Waals surface area contributed by atoms with E-state index in [0.29, 0.717) is 18.6 Å². The molecule has 0 aromatic heterocycles. The van der Waals surface area contributed by atoms with Gasteiger partial charge in [0.25, 0.3) is 0 Å². The fourth-order valence-corrected chi connectivity index (χ4v) is 7.20. The summed E-state index contributed by atoms with van der Waals surface area (Å²) in [4.78, 5) is 12.6. The topological polar surface area (TPSA) is 54.0 Å². The molecule has 0 bridgehead atoms. The van der Waals surface area contributed by atoms with E-state index in [-0.39, 0.29) is 39.4 Å². The molecule has 0 N–H and O–H groups in total. The molecule has 220 valence electrons. The van der Waals surface area contributed by atoms with Crippen LogP contribution < -0.4 is 0 Å². The molecule has 5 nitrogen and oxygen atoms in total. The van der Waals surface area contributed by atoms with Gasteiger partial charge in [0.05, 0.1) is 18.8 Å². The number of carbonyl (C=O) groups is 1. The average Bonchev–Trinajstić information content (AvgIpc) is 2.63. The molecule has 0 spiro atoms. The van der Waals surface area contributed by atoms with Gasteiger partial charge in [0.15, 0.2) is 25.0 Å². The molecule has 0 aromatic rings. The number of hydrogen-bond acceptors (Lipinski definition) is 5. The largest absolute Gasteiger partial charge is 0.463 e. The Bertz CT molecular complexity index is 768. The van der Waals surface area contributed by atoms with Crippen molar-refractivity contribution in [3.8, 4) is 0 Å². The normalized spacial score (nSPS) is 17.4. The molecule has 37 heavy (non-hydrogen) atoms. The van der Waals surface area contributed by atoms with Crippen molar-refractivity contribution in [3.05, 3.63) is 11.6 Å². The van der Waals surface area contributed by atoms with Gasteiger partial charge in [-0.3, -0.25) is 0 Å². The molecule has 0 rings (SSSR count). The molecule has 8 heteroatoms. The van der Waals surface area contributed by atoms with Gasteiger partial charge in [0.1, 0.15) is 0 Å². The van der Waals surface area contributed by atoms with E-state index in [9.17, 15) is 4.79 Å². The van der Waals surface area contributed by atoms with Gasteiger partial charge < -0.3 is 18.0 Å². The van der Waals surface area contributed by atoms with Crippen LogP contribution in [-0.2, 0) is 22.8 Å². The predicted octanol–water partition coefficient (Wildman–Crippen LogP) is 9.08. The van der Waals surface area contributed by atoms with E-state index in [1.807, 2.05) is 19.9 Å². The van der Waals surface area contributed by atoms with Crippen LogP contribution in [0.5, 0.6) is 0 Å². The summed E-state index contributed by atoms with van der Waals surface area (Å²) in [5.74, 6) is -0.303. The Kier molecular flexibility index (Phi) is 12.8. The van der Waals surface area contributed by atoms with Gasteiger partial charge in [-0.05, 0) is 87.7 Å². The summed E-state index contributed by atoms with van der Waals surface area (Å²) in [6.07, 6.45) is 2.04. The smallest absolute Gasteiger partial charge is 0.333 e. The van der Waals surface area contributed by atoms with Crippen LogP contribution in [0.4, 0.5) is 0 Å². The highest BCUT2D eigenvalue weighted by atomic mass is 28.4. The molecule has 0 saturated carbocycles. The first-order valence-corrected chi connectivity index (χ1v) is 22.8. The maximum absolute atomic E-state index is 12.6. The summed E-state index contributed by atoms with van der Waals surface area (Å²) in [5, 5.41) is 0.173. The lowest BCUT2D eigenvalue weighted by atomic mass is 10.1. The van der Waals surface area contributed by atoms with Gasteiger partial charge in [0.2, 0.25) is 0 Å². The number of hydrogen-bond donors (Lipinski definition) is 0. The molecule has 3 atom stereocenters. The van der Waals surface area contributed by atoms with E-state index in [4.69, 9.17) is 18.0 Å². The van der Waals surface area contributed by atoms with Crippen LogP contribution >= 0.6 is 0 Å². The van der Waals surface area contributed by atoms with Crippen LogP contribution in [0.3, 0.4) is 0 Å². The van der Waals surface area contributed by atoms with Crippen LogP contribution in [0.15, 0.2) is 11.6 Å². The molecule has 0 unspecified atom stereocenters. The first-order chi connectivity index (χ1) is 16.2. The number of ether oxygens (including phenoxy) is 1. The second-order valence-corrected chi connectivity index (χ2v) is 29.5. The summed E-state index contributed by atoms with van der Waals surface area (Å²) in [6, 6.07) is 0. The Labute approximate surface area is 233 Å². The van der Waals surface area contributed by atoms with Crippen LogP contribution in [0.2, 0.25) is 54.4 Å². The second-order valence-electron chi connectivity index (χ2n) is 15.3. The Hall–Kier alpha value is -0.259. The van der Waals surface area contributed by atoms with E-state index < -0.39 is 25.0 Å². The minimum atomic E-state index is -2.19. The molecule has 0 radical (unpaired) electrons. The van der Waals surface area contributed by atoms with E-state index in [0.717, 1.165) is 0 Å². The van der Waals surface area contributed by atoms with Crippen molar-refractivity contribution in [2.45, 2.75) is 162 Å². The summed E-state index contributed by atoms with van der Waals surface area (Å²) >= 11 is 0. The van der Waals surface area contributed by atoms with E-state index >= 15 is 0 Å². The molecule has 0 aromatic carbocycles. The summed E-state index contributed by atoms with van der Waals surface area (Å²) < 4.78 is 26.2. The zero-order valence-corrected chi connectivity index (χ0v) is 30.8. The Morgan fingerprint density at radius 2 is 1.11 bits per heavy atom. The monoisotopic (exact) mass is 574 g/mol. The minimum absolute atomic E-state index is 0.00234. The third kappa shape index (κ3) is 11.0. The van der Waals surface area contributed by atoms with Crippen LogP contribution in [0, 0.1) is 0 Å². The second kappa shape index (κ2) is 12.9. The van der Waals surface area contributed by atoms with Gasteiger partial charge in [0, 0.05) is 11.7 Å². The standard InChI is InChI=1S/C29H62O5Si3/c1-19-31-26(30)22(2)20-24(33-36(15,16)28(7,8)9)25(34-37(17,18)29(10,11)12)21-23(3)32-35(13,14)27(4,5)6/h20,23-25H,19,21H2,1-18H3/b22-20+/t23-,24-,25-/m1/s1. The van der Waals surface area contributed by atoms with Gasteiger partial charge in [-0.25, -0.2) is 4.79 Å². The lowest BCUT2D eigenvalue weighted by Gasteiger charge is -2.46. The molecule has 0 heterocycles. The Balaban J connectivity index is 6.66. The molecule has 0 aliphatic carbocycles. The van der Waals surface area contributed by atoms with E-state index in [2.05, 4.69) is 109 Å². The summed E-state index contributed by atoms with van der Waals surface area (Å²) in [5.41, 5.74) is 0.562. The zero-order chi connectivity index (χ0) is 29.8. The molecule has 0 saturated heterocycles. The zero-order valence-electron chi connectivity index (χ0n) is 27.8. The molecule has 0 aliphatic heterocycles. The summed E-state index contributed by atoms with van der Waals surface area (Å²) in [6.45, 7) is 40.1. The first kappa shape index (κ1) is 36.7. The van der Waals surface area contributed by atoms with E-state index in [1.165, 1.54) is 0 Å². The quantitative estimate of drug-likeness (QED) is 0.132. The van der Waals surface area contributed by atoms with Crippen molar-refractivity contribution in [3.63, 3.8) is 0 Å². The van der Waals surface area contributed by atoms with Crippen molar-refractivity contribution >= 4 is 30.9 Å². The van der Waals surface area contributed by atoms with Crippen molar-refractivity contribution < 1.29 is 22.8 Å². The average molecular weight is 575 g/mol. The number of carbonyl (C=O) groups excluding carboxylic acids is 1. The Morgan fingerprint density at radius 3 is 1.49 bits per heavy atom. The molecule has 0 fully saturated rings. The van der Waals surface area contributed by atoms with Crippen molar-refractivity contribution in [2.24, 2.45) is 0 Å². The fraction of sp³-hybridized carbons (Fsp3) is 0.897. The van der Waals surface area contributed by atoms with Gasteiger partial charge in [-0.1, -0.05) is 62.3 Å². The van der Waals surface area contributed by atoms with Crippen molar-refractivity contribution in [1.29, 1.82) is 0 Å². The molecule has 0 aliphatic rings. The molecular formula is C29H62O5Si3. The number of esters is 1. The maximum atomic E-state index is 12.6. The van der Waals surface area contributed by atoms with Gasteiger partial charge in [-0.2, -0.15) is 0 Å². The van der Waals surface area contributed by atoms with Crippen molar-refractivity contribution in [1.82, 2.24) is 0 Å². The van der Waals surface area contributed by atoms with Gasteiger partial charge in [-0.15, -0.1) is 0 Å². The molecular weight excluding hydrogens is 513 g/mol. The fourth-order valence-electron chi connectivity index (χ4n) is 3.15. The van der Waals surface area contributed by atoms with Crippen molar-refractivity contribution in [2.75, 3.05) is 6.61 Å². The van der Waals surface area contributed by atoms with Crippen LogP contribution in [0.25, 0.3) is 0 Å². The minimum Gasteiger partial charge on any atom is -0.463 e. The van der Waals surface area contributed by atoms with Gasteiger partial charge >= 0.3 is 5.97 Å². The lowest BCUT2D eigenvalue weighted by molar-refractivity contribution is -0.138. The van der Waals surface area contributed by atoms with E-state index in [1.54, 1.807) is 0 Å². The number of rotatable bonds is 12. The van der Waals surface area contributed by atoms with Crippen LogP contribution in [-0.4, -0.2) is 55.8 Å². The maximum Gasteiger partial charge on any atom is 0.333 e. The highest BCUT2D eigenvalue weighted by Gasteiger charge is 2.45.